The molecule has 0 aromatic heterocycles. The number of nitro benzene ring substituents is 1. The summed E-state index contributed by atoms with van der Waals surface area (Å²) in [4.78, 5) is 15.4. The summed E-state index contributed by atoms with van der Waals surface area (Å²) in [5, 5.41) is 10.9. The van der Waals surface area contributed by atoms with Gasteiger partial charge in [0.2, 0.25) is 0 Å². The zero-order chi connectivity index (χ0) is 20.1. The first-order chi connectivity index (χ1) is 14.2. The van der Waals surface area contributed by atoms with Crippen LogP contribution in [0.4, 0.5) is 11.4 Å². The Morgan fingerprint density at radius 1 is 0.793 bits per heavy atom. The summed E-state index contributed by atoms with van der Waals surface area (Å²) in [6.07, 6.45) is 0.988. The van der Waals surface area contributed by atoms with Crippen LogP contribution in [0.1, 0.15) is 17.2 Å². The Bertz CT molecular complexity index is 921. The van der Waals surface area contributed by atoms with Crippen molar-refractivity contribution in [2.75, 3.05) is 31.1 Å². The van der Waals surface area contributed by atoms with Crippen LogP contribution in [0, 0.1) is 10.1 Å². The van der Waals surface area contributed by atoms with Crippen LogP contribution in [-0.4, -0.2) is 36.0 Å². The highest BCUT2D eigenvalue weighted by Crippen LogP contribution is 2.28. The lowest BCUT2D eigenvalue weighted by Gasteiger charge is -2.40. The van der Waals surface area contributed by atoms with Crippen LogP contribution in [0.15, 0.2) is 84.9 Å². The molecule has 0 spiro atoms. The highest BCUT2D eigenvalue weighted by Gasteiger charge is 2.25. The van der Waals surface area contributed by atoms with Crippen LogP contribution < -0.4 is 4.90 Å². The fourth-order valence-electron chi connectivity index (χ4n) is 4.05. The molecule has 0 bridgehead atoms. The van der Waals surface area contributed by atoms with Crippen LogP contribution >= 0.6 is 0 Å². The number of hydrogen-bond acceptors (Lipinski definition) is 4. The van der Waals surface area contributed by atoms with Gasteiger partial charge in [-0.3, -0.25) is 15.0 Å². The Morgan fingerprint density at radius 2 is 1.38 bits per heavy atom. The molecule has 1 fully saturated rings. The van der Waals surface area contributed by atoms with Crippen LogP contribution in [-0.2, 0) is 6.42 Å². The molecule has 0 N–H and O–H groups in total. The molecule has 1 atom stereocenters. The number of anilines is 1. The predicted molar refractivity (Wildman–Crippen MR) is 116 cm³/mol. The summed E-state index contributed by atoms with van der Waals surface area (Å²) in [5.74, 6) is 0. The quantitative estimate of drug-likeness (QED) is 0.454. The second kappa shape index (κ2) is 8.88. The molecule has 3 aromatic rings. The summed E-state index contributed by atoms with van der Waals surface area (Å²) in [6, 6.07) is 28.6. The molecule has 1 aliphatic heterocycles. The van der Waals surface area contributed by atoms with Crippen molar-refractivity contribution in [3.63, 3.8) is 0 Å². The lowest BCUT2D eigenvalue weighted by Crippen LogP contribution is -2.48. The third kappa shape index (κ3) is 4.63. The van der Waals surface area contributed by atoms with E-state index in [1.54, 1.807) is 12.1 Å². The third-order valence-corrected chi connectivity index (χ3v) is 5.64. The number of hydrogen-bond donors (Lipinski definition) is 0. The van der Waals surface area contributed by atoms with Gasteiger partial charge in [0.1, 0.15) is 0 Å². The molecule has 0 radical (unpaired) electrons. The van der Waals surface area contributed by atoms with Crippen molar-refractivity contribution in [3.8, 4) is 0 Å². The average molecular weight is 387 g/mol. The van der Waals surface area contributed by atoms with Gasteiger partial charge in [-0.1, -0.05) is 60.7 Å². The van der Waals surface area contributed by atoms with Crippen molar-refractivity contribution < 1.29 is 4.92 Å². The van der Waals surface area contributed by atoms with Crippen LogP contribution in [0.3, 0.4) is 0 Å². The molecule has 0 aliphatic carbocycles. The summed E-state index contributed by atoms with van der Waals surface area (Å²) in [6.45, 7) is 3.75. The van der Waals surface area contributed by atoms with Crippen molar-refractivity contribution in [2.24, 2.45) is 0 Å². The largest absolute Gasteiger partial charge is 0.369 e. The number of nitro groups is 1. The first kappa shape index (κ1) is 19.2. The number of rotatable bonds is 6. The first-order valence-electron chi connectivity index (χ1n) is 10.0. The molecular weight excluding hydrogens is 362 g/mol. The molecule has 5 nitrogen and oxygen atoms in total. The highest BCUT2D eigenvalue weighted by molar-refractivity contribution is 5.51. The van der Waals surface area contributed by atoms with Crippen molar-refractivity contribution >= 4 is 11.4 Å². The molecule has 1 aliphatic rings. The molecule has 3 aromatic carbocycles. The first-order valence-corrected chi connectivity index (χ1v) is 10.0. The molecule has 1 saturated heterocycles. The molecule has 0 amide bonds. The van der Waals surface area contributed by atoms with Gasteiger partial charge < -0.3 is 4.90 Å². The van der Waals surface area contributed by atoms with Crippen molar-refractivity contribution in [2.45, 2.75) is 12.5 Å². The van der Waals surface area contributed by atoms with Gasteiger partial charge >= 0.3 is 0 Å². The number of benzene rings is 3. The van der Waals surface area contributed by atoms with Gasteiger partial charge in [0.25, 0.3) is 5.69 Å². The minimum Gasteiger partial charge on any atom is -0.369 e. The van der Waals surface area contributed by atoms with E-state index in [-0.39, 0.29) is 10.6 Å². The molecular formula is C24H25N3O2. The topological polar surface area (TPSA) is 49.6 Å². The van der Waals surface area contributed by atoms with Gasteiger partial charge in [0.15, 0.2) is 0 Å². The van der Waals surface area contributed by atoms with Crippen LogP contribution in [0.25, 0.3) is 0 Å². The molecule has 148 valence electrons. The smallest absolute Gasteiger partial charge is 0.269 e. The Labute approximate surface area is 171 Å². The maximum atomic E-state index is 10.9. The van der Waals surface area contributed by atoms with E-state index in [1.165, 1.54) is 11.1 Å². The van der Waals surface area contributed by atoms with Crippen molar-refractivity contribution in [1.82, 2.24) is 4.90 Å². The molecule has 1 heterocycles. The Balaban J connectivity index is 1.47. The normalized spacial score (nSPS) is 15.8. The van der Waals surface area contributed by atoms with E-state index in [1.807, 2.05) is 12.1 Å². The van der Waals surface area contributed by atoms with Gasteiger partial charge in [-0.2, -0.15) is 0 Å². The van der Waals surface area contributed by atoms with E-state index in [2.05, 4.69) is 70.5 Å². The molecule has 29 heavy (non-hydrogen) atoms. The van der Waals surface area contributed by atoms with E-state index in [9.17, 15) is 10.1 Å². The zero-order valence-electron chi connectivity index (χ0n) is 16.4. The van der Waals surface area contributed by atoms with E-state index < -0.39 is 0 Å². The van der Waals surface area contributed by atoms with Gasteiger partial charge in [0, 0.05) is 50.0 Å². The van der Waals surface area contributed by atoms with Gasteiger partial charge in [-0.05, 0) is 29.7 Å². The second-order valence-electron chi connectivity index (χ2n) is 7.41. The van der Waals surface area contributed by atoms with Gasteiger partial charge in [-0.15, -0.1) is 0 Å². The Morgan fingerprint density at radius 3 is 1.97 bits per heavy atom. The number of piperazine rings is 1. The summed E-state index contributed by atoms with van der Waals surface area (Å²) in [7, 11) is 0. The lowest BCUT2D eigenvalue weighted by atomic mass is 9.96. The monoisotopic (exact) mass is 387 g/mol. The predicted octanol–water partition coefficient (Wildman–Crippen LogP) is 4.70. The Hall–Kier alpha value is -3.18. The molecule has 4 rings (SSSR count). The molecule has 1 unspecified atom stereocenters. The van der Waals surface area contributed by atoms with Gasteiger partial charge in [0.05, 0.1) is 4.92 Å². The number of nitrogens with zero attached hydrogens (tertiary/aromatic N) is 3. The van der Waals surface area contributed by atoms with E-state index >= 15 is 0 Å². The maximum absolute atomic E-state index is 10.9. The van der Waals surface area contributed by atoms with E-state index in [0.29, 0.717) is 6.04 Å². The second-order valence-corrected chi connectivity index (χ2v) is 7.41. The number of non-ortho nitro benzene ring substituents is 1. The maximum Gasteiger partial charge on any atom is 0.269 e. The minimum atomic E-state index is -0.351. The lowest BCUT2D eigenvalue weighted by molar-refractivity contribution is -0.384. The summed E-state index contributed by atoms with van der Waals surface area (Å²) >= 11 is 0. The van der Waals surface area contributed by atoms with Crippen LogP contribution in [0.5, 0.6) is 0 Å². The minimum absolute atomic E-state index is 0.138. The average Bonchev–Trinajstić information content (AvgIpc) is 2.79. The van der Waals surface area contributed by atoms with Crippen LogP contribution in [0.2, 0.25) is 0 Å². The fraction of sp³-hybridized carbons (Fsp3) is 0.250. The van der Waals surface area contributed by atoms with E-state index in [4.69, 9.17) is 0 Å². The fourth-order valence-corrected chi connectivity index (χ4v) is 4.05. The highest BCUT2D eigenvalue weighted by atomic mass is 16.6. The SMILES string of the molecule is O=[N+]([O-])c1ccc(N2CCN(C(Cc3ccccc3)c3ccccc3)CC2)cc1. The zero-order valence-corrected chi connectivity index (χ0v) is 16.4. The standard InChI is InChI=1S/C24H25N3O2/c28-27(29)23-13-11-22(12-14-23)25-15-17-26(18-16-25)24(21-9-5-2-6-10-21)19-20-7-3-1-4-8-20/h1-14,24H,15-19H2. The van der Waals surface area contributed by atoms with Crippen molar-refractivity contribution in [1.29, 1.82) is 0 Å². The summed E-state index contributed by atoms with van der Waals surface area (Å²) in [5.41, 5.74) is 3.88. The van der Waals surface area contributed by atoms with Crippen molar-refractivity contribution in [3.05, 3.63) is 106 Å². The Kier molecular flexibility index (Phi) is 5.86. The van der Waals surface area contributed by atoms with Gasteiger partial charge in [-0.25, -0.2) is 0 Å². The molecule has 0 saturated carbocycles. The van der Waals surface area contributed by atoms with E-state index in [0.717, 1.165) is 38.3 Å². The molecule has 5 heteroatoms. The summed E-state index contributed by atoms with van der Waals surface area (Å²) < 4.78 is 0. The third-order valence-electron chi connectivity index (χ3n) is 5.64.